The molecule has 0 fully saturated rings. The predicted molar refractivity (Wildman–Crippen MR) is 73.0 cm³/mol. The van der Waals surface area contributed by atoms with E-state index < -0.39 is 11.6 Å². The molecule has 112 valence electrons. The molecule has 0 aliphatic rings. The summed E-state index contributed by atoms with van der Waals surface area (Å²) < 4.78 is 31.4. The van der Waals surface area contributed by atoms with Gasteiger partial charge in [-0.15, -0.1) is 0 Å². The van der Waals surface area contributed by atoms with Crippen LogP contribution in [-0.2, 0) is 0 Å². The Morgan fingerprint density at radius 3 is 2.43 bits per heavy atom. The topological polar surface area (TPSA) is 98.0 Å². The molecular weight excluding hydrogens is 282 g/mol. The fraction of sp³-hybridized carbons (Fsp3) is 0.250. The van der Waals surface area contributed by atoms with Crippen molar-refractivity contribution in [3.8, 4) is 6.01 Å². The van der Waals surface area contributed by atoms with Gasteiger partial charge in [-0.3, -0.25) is 5.43 Å². The molecule has 0 atom stereocenters. The fourth-order valence-electron chi connectivity index (χ4n) is 1.44. The van der Waals surface area contributed by atoms with E-state index in [2.05, 4.69) is 25.7 Å². The fourth-order valence-corrected chi connectivity index (χ4v) is 1.44. The molecular formula is C12H14F2N6O. The summed E-state index contributed by atoms with van der Waals surface area (Å²) in [7, 11) is 0. The first-order valence-electron chi connectivity index (χ1n) is 6.09. The first kappa shape index (κ1) is 14.9. The van der Waals surface area contributed by atoms with Crippen molar-refractivity contribution in [1.82, 2.24) is 15.0 Å². The second-order valence-corrected chi connectivity index (χ2v) is 4.33. The Hall–Kier alpha value is -2.55. The molecule has 0 radical (unpaired) electrons. The number of ether oxygens (including phenoxy) is 1. The molecule has 0 unspecified atom stereocenters. The van der Waals surface area contributed by atoms with E-state index in [1.165, 1.54) is 6.07 Å². The zero-order chi connectivity index (χ0) is 15.4. The number of nitrogen functional groups attached to an aromatic ring is 1. The molecule has 0 amide bonds. The molecule has 0 saturated carbocycles. The quantitative estimate of drug-likeness (QED) is 0.573. The van der Waals surface area contributed by atoms with E-state index in [0.717, 1.165) is 12.1 Å². The van der Waals surface area contributed by atoms with Crippen LogP contribution in [0, 0.1) is 11.6 Å². The summed E-state index contributed by atoms with van der Waals surface area (Å²) in [6.07, 6.45) is -0.144. The lowest BCUT2D eigenvalue weighted by atomic mass is 10.3. The third kappa shape index (κ3) is 3.96. The lowest BCUT2D eigenvalue weighted by Gasteiger charge is -2.11. The van der Waals surface area contributed by atoms with Crippen LogP contribution in [0.3, 0.4) is 0 Å². The van der Waals surface area contributed by atoms with Gasteiger partial charge in [0, 0.05) is 11.8 Å². The van der Waals surface area contributed by atoms with Gasteiger partial charge in [0.25, 0.3) is 0 Å². The van der Waals surface area contributed by atoms with Crippen molar-refractivity contribution < 1.29 is 13.5 Å². The van der Waals surface area contributed by atoms with Crippen LogP contribution >= 0.6 is 0 Å². The highest BCUT2D eigenvalue weighted by atomic mass is 19.2. The maximum atomic E-state index is 13.2. The number of anilines is 3. The molecule has 2 rings (SSSR count). The third-order valence-corrected chi connectivity index (χ3v) is 2.26. The highest BCUT2D eigenvalue weighted by Gasteiger charge is 2.10. The molecule has 0 bridgehead atoms. The minimum Gasteiger partial charge on any atom is -0.461 e. The van der Waals surface area contributed by atoms with E-state index >= 15 is 0 Å². The molecule has 1 aromatic carbocycles. The number of aromatic nitrogens is 3. The Morgan fingerprint density at radius 2 is 1.81 bits per heavy atom. The zero-order valence-corrected chi connectivity index (χ0v) is 11.4. The lowest BCUT2D eigenvalue weighted by molar-refractivity contribution is 0.222. The van der Waals surface area contributed by atoms with Crippen LogP contribution in [-0.4, -0.2) is 21.1 Å². The Balaban J connectivity index is 2.27. The van der Waals surface area contributed by atoms with Gasteiger partial charge >= 0.3 is 6.01 Å². The van der Waals surface area contributed by atoms with Crippen molar-refractivity contribution in [2.45, 2.75) is 20.0 Å². The van der Waals surface area contributed by atoms with E-state index in [0.29, 0.717) is 0 Å². The molecule has 21 heavy (non-hydrogen) atoms. The number of hydrogen-bond acceptors (Lipinski definition) is 7. The Kier molecular flexibility index (Phi) is 4.43. The number of hydrogen-bond donors (Lipinski definition) is 3. The average molecular weight is 296 g/mol. The molecule has 1 heterocycles. The zero-order valence-electron chi connectivity index (χ0n) is 11.4. The van der Waals surface area contributed by atoms with E-state index in [1.807, 2.05) is 13.8 Å². The second-order valence-electron chi connectivity index (χ2n) is 4.33. The van der Waals surface area contributed by atoms with Crippen LogP contribution in [0.5, 0.6) is 6.01 Å². The molecule has 0 aliphatic carbocycles. The first-order valence-corrected chi connectivity index (χ1v) is 6.09. The predicted octanol–water partition coefficient (Wildman–Crippen LogP) is 1.97. The van der Waals surface area contributed by atoms with Crippen molar-refractivity contribution in [3.05, 3.63) is 29.8 Å². The Morgan fingerprint density at radius 1 is 1.10 bits per heavy atom. The standard InChI is InChI=1S/C12H14F2N6O/c1-6(2)21-12-18-10(17-11(19-12)20-15)16-7-3-4-8(13)9(14)5-7/h3-6H,15H2,1-2H3,(H2,16,17,18,19,20). The molecule has 1 aromatic heterocycles. The highest BCUT2D eigenvalue weighted by Crippen LogP contribution is 2.19. The minimum absolute atomic E-state index is 0.0537. The van der Waals surface area contributed by atoms with Gasteiger partial charge in [-0.25, -0.2) is 14.6 Å². The van der Waals surface area contributed by atoms with Crippen molar-refractivity contribution >= 4 is 17.6 Å². The first-order chi connectivity index (χ1) is 9.97. The Labute approximate surface area is 119 Å². The largest absolute Gasteiger partial charge is 0.461 e. The van der Waals surface area contributed by atoms with Gasteiger partial charge in [-0.1, -0.05) is 0 Å². The van der Waals surface area contributed by atoms with Crippen molar-refractivity contribution in [2.75, 3.05) is 10.7 Å². The molecule has 2 aromatic rings. The van der Waals surface area contributed by atoms with Crippen molar-refractivity contribution in [2.24, 2.45) is 5.84 Å². The van der Waals surface area contributed by atoms with Gasteiger partial charge in [-0.2, -0.15) is 15.0 Å². The Bertz CT molecular complexity index is 637. The molecule has 9 heteroatoms. The van der Waals surface area contributed by atoms with E-state index in [4.69, 9.17) is 10.6 Å². The minimum atomic E-state index is -0.982. The number of nitrogens with two attached hydrogens (primary N) is 1. The van der Waals surface area contributed by atoms with Gasteiger partial charge < -0.3 is 10.1 Å². The summed E-state index contributed by atoms with van der Waals surface area (Å²) >= 11 is 0. The SMILES string of the molecule is CC(C)Oc1nc(NN)nc(Nc2ccc(F)c(F)c2)n1. The van der Waals surface area contributed by atoms with Gasteiger partial charge in [0.1, 0.15) is 0 Å². The van der Waals surface area contributed by atoms with E-state index in [9.17, 15) is 8.78 Å². The number of nitrogens with zero attached hydrogens (tertiary/aromatic N) is 3. The van der Waals surface area contributed by atoms with Crippen LogP contribution in [0.2, 0.25) is 0 Å². The van der Waals surface area contributed by atoms with Gasteiger partial charge in [0.15, 0.2) is 11.6 Å². The summed E-state index contributed by atoms with van der Waals surface area (Å²) in [5.41, 5.74) is 2.55. The summed E-state index contributed by atoms with van der Waals surface area (Å²) in [6, 6.07) is 3.38. The van der Waals surface area contributed by atoms with Crippen molar-refractivity contribution in [3.63, 3.8) is 0 Å². The molecule has 0 saturated heterocycles. The van der Waals surface area contributed by atoms with Crippen molar-refractivity contribution in [1.29, 1.82) is 0 Å². The van der Waals surface area contributed by atoms with E-state index in [-0.39, 0.29) is 29.7 Å². The molecule has 0 aliphatic heterocycles. The van der Waals surface area contributed by atoms with Crippen LogP contribution < -0.4 is 21.3 Å². The average Bonchev–Trinajstić information content (AvgIpc) is 2.42. The van der Waals surface area contributed by atoms with E-state index in [1.54, 1.807) is 0 Å². The smallest absolute Gasteiger partial charge is 0.323 e. The molecule has 7 nitrogen and oxygen atoms in total. The summed E-state index contributed by atoms with van der Waals surface area (Å²) in [4.78, 5) is 11.9. The summed E-state index contributed by atoms with van der Waals surface area (Å²) in [5.74, 6) is 3.50. The van der Waals surface area contributed by atoms with Crippen LogP contribution in [0.1, 0.15) is 13.8 Å². The number of rotatable bonds is 5. The summed E-state index contributed by atoms with van der Waals surface area (Å²) in [5, 5.41) is 2.72. The van der Waals surface area contributed by atoms with Crippen LogP contribution in [0.25, 0.3) is 0 Å². The molecule has 0 spiro atoms. The second kappa shape index (κ2) is 6.27. The highest BCUT2D eigenvalue weighted by molar-refractivity contribution is 5.54. The molecule has 4 N–H and O–H groups in total. The normalized spacial score (nSPS) is 10.6. The maximum Gasteiger partial charge on any atom is 0.323 e. The van der Waals surface area contributed by atoms with Gasteiger partial charge in [-0.05, 0) is 26.0 Å². The summed E-state index contributed by atoms with van der Waals surface area (Å²) in [6.45, 7) is 3.61. The van der Waals surface area contributed by atoms with Crippen LogP contribution in [0.4, 0.5) is 26.4 Å². The van der Waals surface area contributed by atoms with Gasteiger partial charge in [0.2, 0.25) is 11.9 Å². The third-order valence-electron chi connectivity index (χ3n) is 2.26. The van der Waals surface area contributed by atoms with Gasteiger partial charge in [0.05, 0.1) is 6.10 Å². The number of hydrazine groups is 1. The number of benzene rings is 1. The monoisotopic (exact) mass is 296 g/mol. The maximum absolute atomic E-state index is 13.2. The number of halogens is 2. The van der Waals surface area contributed by atoms with Crippen LogP contribution in [0.15, 0.2) is 18.2 Å². The number of nitrogens with one attached hydrogen (secondary N) is 2. The lowest BCUT2D eigenvalue weighted by Crippen LogP contribution is -2.15.